The van der Waals surface area contributed by atoms with E-state index >= 15 is 0 Å². The number of ether oxygens (including phenoxy) is 1. The summed E-state index contributed by atoms with van der Waals surface area (Å²) in [6.07, 6.45) is 3.87. The molecule has 0 bridgehead atoms. The highest BCUT2D eigenvalue weighted by Crippen LogP contribution is 2.44. The zero-order chi connectivity index (χ0) is 24.2. The summed E-state index contributed by atoms with van der Waals surface area (Å²) in [5.41, 5.74) is 4.59. The van der Waals surface area contributed by atoms with Gasteiger partial charge in [0, 0.05) is 18.0 Å². The van der Waals surface area contributed by atoms with Gasteiger partial charge in [-0.15, -0.1) is 0 Å². The molecule has 4 unspecified atom stereocenters. The topological polar surface area (TPSA) is 105 Å². The monoisotopic (exact) mass is 462 g/mol. The van der Waals surface area contributed by atoms with Gasteiger partial charge in [-0.2, -0.15) is 0 Å². The van der Waals surface area contributed by atoms with Crippen LogP contribution in [-0.4, -0.2) is 41.8 Å². The van der Waals surface area contributed by atoms with Crippen LogP contribution >= 0.6 is 0 Å². The second-order valence-electron chi connectivity index (χ2n) is 9.10. The minimum absolute atomic E-state index is 0.0329. The van der Waals surface area contributed by atoms with E-state index in [2.05, 4.69) is 34.9 Å². The number of allylic oxidation sites excluding steroid dienone is 1. The molecule has 0 aliphatic heterocycles. The Hall–Kier alpha value is -3.61. The number of carboxylic acids is 1. The van der Waals surface area contributed by atoms with E-state index in [1.54, 1.807) is 19.9 Å². The van der Waals surface area contributed by atoms with Gasteiger partial charge in [-0.05, 0) is 42.0 Å². The Morgan fingerprint density at radius 3 is 2.26 bits per heavy atom. The number of carboxylic acid groups (broad SMARTS) is 1. The third-order valence-electron chi connectivity index (χ3n) is 6.86. The van der Waals surface area contributed by atoms with E-state index in [0.717, 1.165) is 22.3 Å². The second-order valence-corrected chi connectivity index (χ2v) is 9.10. The highest BCUT2D eigenvalue weighted by atomic mass is 16.5. The Kier molecular flexibility index (Phi) is 7.01. The quantitative estimate of drug-likeness (QED) is 0.538. The van der Waals surface area contributed by atoms with Crippen molar-refractivity contribution < 1.29 is 24.2 Å². The van der Waals surface area contributed by atoms with Crippen LogP contribution in [0.4, 0.5) is 4.79 Å². The number of benzene rings is 2. The van der Waals surface area contributed by atoms with Crippen molar-refractivity contribution in [1.82, 2.24) is 10.6 Å². The first-order valence-electron chi connectivity index (χ1n) is 11.7. The summed E-state index contributed by atoms with van der Waals surface area (Å²) in [6, 6.07) is 15.5. The van der Waals surface area contributed by atoms with Gasteiger partial charge in [0.15, 0.2) is 0 Å². The maximum Gasteiger partial charge on any atom is 0.407 e. The molecule has 2 aromatic carbocycles. The fourth-order valence-electron chi connectivity index (χ4n) is 4.69. The lowest BCUT2D eigenvalue weighted by atomic mass is 9.90. The van der Waals surface area contributed by atoms with Crippen molar-refractivity contribution in [2.24, 2.45) is 11.8 Å². The summed E-state index contributed by atoms with van der Waals surface area (Å²) < 4.78 is 5.57. The molecule has 0 spiro atoms. The maximum absolute atomic E-state index is 12.7. The van der Waals surface area contributed by atoms with Gasteiger partial charge < -0.3 is 20.5 Å². The van der Waals surface area contributed by atoms with Crippen LogP contribution in [0.2, 0.25) is 0 Å². The van der Waals surface area contributed by atoms with E-state index in [1.165, 1.54) is 0 Å². The second kappa shape index (κ2) is 10.1. The largest absolute Gasteiger partial charge is 0.481 e. The molecule has 0 fully saturated rings. The lowest BCUT2D eigenvalue weighted by Crippen LogP contribution is -2.47. The molecule has 2 aromatic rings. The van der Waals surface area contributed by atoms with Crippen LogP contribution in [0.25, 0.3) is 11.1 Å². The first-order valence-corrected chi connectivity index (χ1v) is 11.7. The van der Waals surface area contributed by atoms with Crippen LogP contribution in [0, 0.1) is 11.8 Å². The van der Waals surface area contributed by atoms with Crippen LogP contribution < -0.4 is 10.6 Å². The van der Waals surface area contributed by atoms with Gasteiger partial charge in [-0.25, -0.2) is 4.79 Å². The SMILES string of the molecule is CC(NC(=O)OCC1c2ccccc2-c2ccccc21)C(C)C(=O)NC1C=CCC(C(=O)O)C1. The van der Waals surface area contributed by atoms with Gasteiger partial charge in [0.1, 0.15) is 6.61 Å². The number of aliphatic carboxylic acids is 1. The van der Waals surface area contributed by atoms with Crippen LogP contribution in [0.3, 0.4) is 0 Å². The average molecular weight is 463 g/mol. The predicted octanol–water partition coefficient (Wildman–Crippen LogP) is 4.09. The molecule has 4 atom stereocenters. The molecular formula is C27H30N2O5. The average Bonchev–Trinajstić information content (AvgIpc) is 3.16. The predicted molar refractivity (Wildman–Crippen MR) is 128 cm³/mol. The van der Waals surface area contributed by atoms with E-state index in [4.69, 9.17) is 4.74 Å². The fraction of sp³-hybridized carbons (Fsp3) is 0.370. The molecule has 2 aliphatic rings. The third-order valence-corrected chi connectivity index (χ3v) is 6.86. The molecule has 0 heterocycles. The summed E-state index contributed by atoms with van der Waals surface area (Å²) in [7, 11) is 0. The van der Waals surface area contributed by atoms with Crippen molar-refractivity contribution in [1.29, 1.82) is 0 Å². The molecule has 0 saturated heterocycles. The number of hydrogen-bond acceptors (Lipinski definition) is 4. The van der Waals surface area contributed by atoms with Gasteiger partial charge in [-0.3, -0.25) is 9.59 Å². The third kappa shape index (κ3) is 4.98. The summed E-state index contributed by atoms with van der Waals surface area (Å²) in [6.45, 7) is 3.68. The van der Waals surface area contributed by atoms with Gasteiger partial charge in [0.05, 0.1) is 11.8 Å². The van der Waals surface area contributed by atoms with Crippen LogP contribution in [-0.2, 0) is 14.3 Å². The van der Waals surface area contributed by atoms with E-state index in [9.17, 15) is 19.5 Å². The molecule has 2 amide bonds. The molecular weight excluding hydrogens is 432 g/mol. The van der Waals surface area contributed by atoms with Crippen molar-refractivity contribution in [2.45, 2.75) is 44.7 Å². The number of alkyl carbamates (subject to hydrolysis) is 1. The smallest absolute Gasteiger partial charge is 0.407 e. The number of amides is 2. The fourth-order valence-corrected chi connectivity index (χ4v) is 4.69. The molecule has 2 aliphatic carbocycles. The summed E-state index contributed by atoms with van der Waals surface area (Å²) >= 11 is 0. The van der Waals surface area contributed by atoms with E-state index < -0.39 is 29.9 Å². The number of fused-ring (bicyclic) bond motifs is 3. The maximum atomic E-state index is 12.7. The lowest BCUT2D eigenvalue weighted by molar-refractivity contribution is -0.142. The molecule has 34 heavy (non-hydrogen) atoms. The van der Waals surface area contributed by atoms with Gasteiger partial charge in [-0.1, -0.05) is 67.6 Å². The van der Waals surface area contributed by atoms with Gasteiger partial charge in [0.2, 0.25) is 5.91 Å². The number of rotatable bonds is 7. The minimum atomic E-state index is -0.859. The number of carbonyl (C=O) groups excluding carboxylic acids is 2. The number of hydrogen-bond donors (Lipinski definition) is 3. The van der Waals surface area contributed by atoms with E-state index in [0.29, 0.717) is 12.8 Å². The summed E-state index contributed by atoms with van der Waals surface area (Å²) in [4.78, 5) is 36.4. The Labute approximate surface area is 199 Å². The molecule has 4 rings (SSSR count). The molecule has 0 aromatic heterocycles. The van der Waals surface area contributed by atoms with Crippen molar-refractivity contribution in [3.05, 3.63) is 71.8 Å². The summed E-state index contributed by atoms with van der Waals surface area (Å²) in [5.74, 6) is -2.15. The van der Waals surface area contributed by atoms with Crippen LogP contribution in [0.5, 0.6) is 0 Å². The van der Waals surface area contributed by atoms with Crippen LogP contribution in [0.15, 0.2) is 60.7 Å². The Bertz CT molecular complexity index is 1070. The van der Waals surface area contributed by atoms with Crippen molar-refractivity contribution >= 4 is 18.0 Å². The van der Waals surface area contributed by atoms with Crippen molar-refractivity contribution in [3.8, 4) is 11.1 Å². The summed E-state index contributed by atoms with van der Waals surface area (Å²) in [5, 5.41) is 14.9. The molecule has 0 radical (unpaired) electrons. The molecule has 3 N–H and O–H groups in total. The standard InChI is InChI=1S/C27H30N2O5/c1-16(25(30)29-19-9-7-8-18(14-19)26(31)32)17(2)28-27(33)34-15-24-22-12-5-3-10-20(22)21-11-4-6-13-23(21)24/h3-7,9-13,16-19,24H,8,14-15H2,1-2H3,(H,28,33)(H,29,30)(H,31,32). The molecule has 7 nitrogen and oxygen atoms in total. The normalized spacial score (nSPS) is 20.5. The number of carbonyl (C=O) groups is 3. The molecule has 178 valence electrons. The van der Waals surface area contributed by atoms with Gasteiger partial charge >= 0.3 is 12.1 Å². The Morgan fingerprint density at radius 1 is 1.03 bits per heavy atom. The zero-order valence-corrected chi connectivity index (χ0v) is 19.4. The van der Waals surface area contributed by atoms with E-state index in [-0.39, 0.29) is 24.5 Å². The van der Waals surface area contributed by atoms with Gasteiger partial charge in [0.25, 0.3) is 0 Å². The van der Waals surface area contributed by atoms with Crippen molar-refractivity contribution in [3.63, 3.8) is 0 Å². The highest BCUT2D eigenvalue weighted by Gasteiger charge is 2.30. The minimum Gasteiger partial charge on any atom is -0.481 e. The number of nitrogens with one attached hydrogen (secondary N) is 2. The zero-order valence-electron chi connectivity index (χ0n) is 19.4. The first-order chi connectivity index (χ1) is 16.3. The lowest BCUT2D eigenvalue weighted by Gasteiger charge is -2.26. The van der Waals surface area contributed by atoms with E-state index in [1.807, 2.05) is 30.3 Å². The van der Waals surface area contributed by atoms with Crippen LogP contribution in [0.1, 0.15) is 43.7 Å². The highest BCUT2D eigenvalue weighted by molar-refractivity contribution is 5.81. The molecule has 0 saturated carbocycles. The van der Waals surface area contributed by atoms with Crippen molar-refractivity contribution in [2.75, 3.05) is 6.61 Å². The Morgan fingerprint density at radius 2 is 1.65 bits per heavy atom. The molecule has 7 heteroatoms. The first kappa shape index (κ1) is 23.5. The Balaban J connectivity index is 1.30.